The quantitative estimate of drug-likeness (QED) is 0.666. The Kier molecular flexibility index (Phi) is 4.84. The minimum atomic E-state index is -0.456. The Morgan fingerprint density at radius 2 is 1.68 bits per heavy atom. The van der Waals surface area contributed by atoms with E-state index in [1.807, 2.05) is 60.7 Å². The third kappa shape index (κ3) is 3.04. The number of methoxy groups -OCH3 is 2. The number of anilines is 2. The van der Waals surface area contributed by atoms with Crippen LogP contribution in [0, 0.1) is 0 Å². The number of amides is 1. The van der Waals surface area contributed by atoms with E-state index in [2.05, 4.69) is 5.32 Å². The maximum atomic E-state index is 13.4. The fourth-order valence-corrected chi connectivity index (χ4v) is 3.73. The number of hydrogen-bond acceptors (Lipinski definition) is 4. The molecule has 0 aromatic heterocycles. The maximum Gasteiger partial charge on any atom is 0.262 e. The first-order valence-corrected chi connectivity index (χ1v) is 9.17. The van der Waals surface area contributed by atoms with Crippen molar-refractivity contribution < 1.29 is 14.3 Å². The number of hydrogen-bond donors (Lipinski definition) is 1. The van der Waals surface area contributed by atoms with Crippen molar-refractivity contribution in [3.63, 3.8) is 0 Å². The van der Waals surface area contributed by atoms with Crippen molar-refractivity contribution >= 4 is 28.9 Å². The van der Waals surface area contributed by atoms with E-state index in [0.29, 0.717) is 22.1 Å². The van der Waals surface area contributed by atoms with Crippen LogP contribution < -0.4 is 19.7 Å². The summed E-state index contributed by atoms with van der Waals surface area (Å²) in [6.45, 7) is 0. The molecule has 1 N–H and O–H groups in total. The van der Waals surface area contributed by atoms with E-state index >= 15 is 0 Å². The van der Waals surface area contributed by atoms with Gasteiger partial charge >= 0.3 is 0 Å². The molecule has 28 heavy (non-hydrogen) atoms. The number of nitrogens with zero attached hydrogens (tertiary/aromatic N) is 1. The van der Waals surface area contributed by atoms with Gasteiger partial charge in [0.05, 0.1) is 24.8 Å². The fourth-order valence-electron chi connectivity index (χ4n) is 3.44. The molecule has 0 bridgehead atoms. The van der Waals surface area contributed by atoms with E-state index in [9.17, 15) is 4.79 Å². The SMILES string of the molecule is COc1cc(C2Nc3ccccc3C(=O)N2c2ccccc2)cc(Cl)c1OC. The second kappa shape index (κ2) is 7.44. The van der Waals surface area contributed by atoms with Crippen LogP contribution >= 0.6 is 11.6 Å². The highest BCUT2D eigenvalue weighted by Crippen LogP contribution is 2.42. The van der Waals surface area contributed by atoms with Crippen molar-refractivity contribution in [2.45, 2.75) is 6.17 Å². The van der Waals surface area contributed by atoms with Crippen LogP contribution in [-0.2, 0) is 0 Å². The zero-order valence-electron chi connectivity index (χ0n) is 15.5. The summed E-state index contributed by atoms with van der Waals surface area (Å²) in [5, 5.41) is 3.87. The molecule has 0 aliphatic carbocycles. The molecule has 0 saturated heterocycles. The smallest absolute Gasteiger partial charge is 0.262 e. The van der Waals surface area contributed by atoms with Gasteiger partial charge in [-0.3, -0.25) is 9.69 Å². The molecule has 5 nitrogen and oxygen atoms in total. The Hall–Kier alpha value is -3.18. The second-order valence-corrected chi connectivity index (χ2v) is 6.75. The van der Waals surface area contributed by atoms with Crippen molar-refractivity contribution in [2.75, 3.05) is 24.4 Å². The molecule has 1 amide bonds. The van der Waals surface area contributed by atoms with Gasteiger partial charge in [-0.2, -0.15) is 0 Å². The highest BCUT2D eigenvalue weighted by Gasteiger charge is 2.34. The number of benzene rings is 3. The molecule has 1 unspecified atom stereocenters. The van der Waals surface area contributed by atoms with Crippen molar-refractivity contribution in [3.8, 4) is 11.5 Å². The van der Waals surface area contributed by atoms with Crippen LogP contribution in [0.4, 0.5) is 11.4 Å². The minimum absolute atomic E-state index is 0.0866. The lowest BCUT2D eigenvalue weighted by Gasteiger charge is -2.38. The summed E-state index contributed by atoms with van der Waals surface area (Å²) in [6.07, 6.45) is -0.456. The van der Waals surface area contributed by atoms with Gasteiger partial charge in [0, 0.05) is 16.9 Å². The topological polar surface area (TPSA) is 50.8 Å². The third-order valence-corrected chi connectivity index (χ3v) is 5.01. The first-order valence-electron chi connectivity index (χ1n) is 8.79. The molecule has 0 radical (unpaired) electrons. The average Bonchev–Trinajstić information content (AvgIpc) is 2.73. The third-order valence-electron chi connectivity index (χ3n) is 4.73. The number of carbonyl (C=O) groups excluding carboxylic acids is 1. The van der Waals surface area contributed by atoms with E-state index in [1.165, 1.54) is 7.11 Å². The molecule has 1 aliphatic heterocycles. The van der Waals surface area contributed by atoms with Gasteiger partial charge in [0.25, 0.3) is 5.91 Å². The number of para-hydroxylation sites is 2. The van der Waals surface area contributed by atoms with E-state index in [-0.39, 0.29) is 5.91 Å². The summed E-state index contributed by atoms with van der Waals surface area (Å²) in [7, 11) is 3.10. The predicted octanol–water partition coefficient (Wildman–Crippen LogP) is 5.13. The van der Waals surface area contributed by atoms with Crippen molar-refractivity contribution in [1.82, 2.24) is 0 Å². The Morgan fingerprint density at radius 3 is 2.39 bits per heavy atom. The van der Waals surface area contributed by atoms with Gasteiger partial charge in [0.15, 0.2) is 11.5 Å². The molecule has 3 aromatic rings. The van der Waals surface area contributed by atoms with Crippen molar-refractivity contribution in [3.05, 3.63) is 82.9 Å². The molecule has 1 heterocycles. The average molecular weight is 395 g/mol. The molecule has 142 valence electrons. The van der Waals surface area contributed by atoms with E-state index in [0.717, 1.165) is 16.9 Å². The zero-order chi connectivity index (χ0) is 19.7. The van der Waals surface area contributed by atoms with E-state index < -0.39 is 6.17 Å². The molecule has 1 aliphatic rings. The van der Waals surface area contributed by atoms with Crippen LogP contribution in [0.2, 0.25) is 5.02 Å². The van der Waals surface area contributed by atoms with Crippen LogP contribution in [-0.4, -0.2) is 20.1 Å². The second-order valence-electron chi connectivity index (χ2n) is 6.34. The van der Waals surface area contributed by atoms with Crippen LogP contribution in [0.3, 0.4) is 0 Å². The monoisotopic (exact) mass is 394 g/mol. The molecule has 0 spiro atoms. The number of ether oxygens (including phenoxy) is 2. The van der Waals surface area contributed by atoms with Gasteiger partial charge in [-0.15, -0.1) is 0 Å². The summed E-state index contributed by atoms with van der Waals surface area (Å²) in [4.78, 5) is 15.1. The Bertz CT molecular complexity index is 1020. The summed E-state index contributed by atoms with van der Waals surface area (Å²) < 4.78 is 10.8. The van der Waals surface area contributed by atoms with Gasteiger partial charge in [0.1, 0.15) is 6.17 Å². The molecule has 3 aromatic carbocycles. The highest BCUT2D eigenvalue weighted by molar-refractivity contribution is 6.32. The normalized spacial score (nSPS) is 15.6. The highest BCUT2D eigenvalue weighted by atomic mass is 35.5. The molecule has 6 heteroatoms. The van der Waals surface area contributed by atoms with Crippen LogP contribution in [0.15, 0.2) is 66.7 Å². The molecule has 4 rings (SSSR count). The van der Waals surface area contributed by atoms with Crippen LogP contribution in [0.5, 0.6) is 11.5 Å². The lowest BCUT2D eigenvalue weighted by atomic mass is 10.0. The Balaban J connectivity index is 1.88. The summed E-state index contributed by atoms with van der Waals surface area (Å²) in [5.74, 6) is 0.879. The predicted molar refractivity (Wildman–Crippen MR) is 111 cm³/mol. The number of fused-ring (bicyclic) bond motifs is 1. The van der Waals surface area contributed by atoms with Gasteiger partial charge < -0.3 is 14.8 Å². The Morgan fingerprint density at radius 1 is 0.964 bits per heavy atom. The molecular formula is C22H19ClN2O3. The maximum absolute atomic E-state index is 13.4. The molecule has 1 atom stereocenters. The lowest BCUT2D eigenvalue weighted by Crippen LogP contribution is -2.43. The van der Waals surface area contributed by atoms with Crippen LogP contribution in [0.25, 0.3) is 0 Å². The van der Waals surface area contributed by atoms with Gasteiger partial charge in [-0.1, -0.05) is 41.9 Å². The number of nitrogens with one attached hydrogen (secondary N) is 1. The van der Waals surface area contributed by atoms with Gasteiger partial charge in [-0.25, -0.2) is 0 Å². The van der Waals surface area contributed by atoms with Gasteiger partial charge in [-0.05, 0) is 36.4 Å². The first kappa shape index (κ1) is 18.2. The number of halogens is 1. The Labute approximate surface area is 168 Å². The summed E-state index contributed by atoms with van der Waals surface area (Å²) in [6, 6.07) is 20.6. The molecular weight excluding hydrogens is 376 g/mol. The standard InChI is InChI=1S/C22H19ClN2O3/c1-27-19-13-14(12-17(23)20(19)28-2)21-24-18-11-7-6-10-16(18)22(26)25(21)15-8-4-3-5-9-15/h3-13,21,24H,1-2H3. The first-order chi connectivity index (χ1) is 13.6. The minimum Gasteiger partial charge on any atom is -0.493 e. The summed E-state index contributed by atoms with van der Waals surface area (Å²) in [5.41, 5.74) is 2.96. The van der Waals surface area contributed by atoms with E-state index in [1.54, 1.807) is 18.1 Å². The largest absolute Gasteiger partial charge is 0.493 e. The molecule has 0 saturated carbocycles. The number of rotatable bonds is 4. The molecule has 0 fully saturated rings. The van der Waals surface area contributed by atoms with Crippen molar-refractivity contribution in [1.29, 1.82) is 0 Å². The summed E-state index contributed by atoms with van der Waals surface area (Å²) >= 11 is 6.43. The number of carbonyl (C=O) groups is 1. The van der Waals surface area contributed by atoms with Crippen molar-refractivity contribution in [2.24, 2.45) is 0 Å². The van der Waals surface area contributed by atoms with E-state index in [4.69, 9.17) is 21.1 Å². The zero-order valence-corrected chi connectivity index (χ0v) is 16.2. The lowest BCUT2D eigenvalue weighted by molar-refractivity contribution is 0.0975. The van der Waals surface area contributed by atoms with Crippen LogP contribution in [0.1, 0.15) is 22.1 Å². The van der Waals surface area contributed by atoms with Gasteiger partial charge in [0.2, 0.25) is 0 Å². The fraction of sp³-hybridized carbons (Fsp3) is 0.136.